The highest BCUT2D eigenvalue weighted by Gasteiger charge is 2.40. The number of esters is 2. The Kier molecular flexibility index (Phi) is 7.12. The van der Waals surface area contributed by atoms with E-state index < -0.39 is 56.2 Å². The van der Waals surface area contributed by atoms with Gasteiger partial charge in [-0.3, -0.25) is 9.59 Å². The number of nitrogens with one attached hydrogen (secondary N) is 1. The molecule has 0 saturated carbocycles. The van der Waals surface area contributed by atoms with Gasteiger partial charge in [0.05, 0.1) is 11.9 Å². The number of benzene rings is 1. The zero-order valence-electron chi connectivity index (χ0n) is 15.6. The first-order valence-corrected chi connectivity index (χ1v) is 8.64. The second kappa shape index (κ2) is 9.16. The summed E-state index contributed by atoms with van der Waals surface area (Å²) in [7, 11) is -1.67. The van der Waals surface area contributed by atoms with Crippen molar-refractivity contribution in [2.45, 2.75) is 38.8 Å². The van der Waals surface area contributed by atoms with E-state index in [2.05, 4.69) is 5.32 Å². The van der Waals surface area contributed by atoms with Gasteiger partial charge in [0, 0.05) is 0 Å². The van der Waals surface area contributed by atoms with Crippen molar-refractivity contribution >= 4 is 25.0 Å². The van der Waals surface area contributed by atoms with Gasteiger partial charge in [0.25, 0.3) is 0 Å². The lowest BCUT2D eigenvalue weighted by Gasteiger charge is -2.29. The van der Waals surface area contributed by atoms with Gasteiger partial charge in [-0.1, -0.05) is 26.0 Å². The first-order valence-electron chi connectivity index (χ1n) is 8.64. The summed E-state index contributed by atoms with van der Waals surface area (Å²) in [6.45, 7) is 2.60. The number of alkyl halides is 3. The molecule has 1 aliphatic rings. The van der Waals surface area contributed by atoms with Crippen LogP contribution in [0.15, 0.2) is 18.2 Å². The smallest absolute Gasteiger partial charge is 0.534 e. The lowest BCUT2D eigenvalue weighted by Crippen LogP contribution is -2.53. The molecule has 1 aliphatic heterocycles. The summed E-state index contributed by atoms with van der Waals surface area (Å²) < 4.78 is 51.7. The molecule has 0 fully saturated rings. The molecule has 0 aromatic heterocycles. The van der Waals surface area contributed by atoms with Gasteiger partial charge in [0.1, 0.15) is 17.7 Å². The maximum atomic E-state index is 12.3. The van der Waals surface area contributed by atoms with Crippen LogP contribution in [0.5, 0.6) is 5.75 Å². The van der Waals surface area contributed by atoms with Crippen molar-refractivity contribution in [3.63, 3.8) is 0 Å². The quantitative estimate of drug-likeness (QED) is 0.409. The monoisotopic (exact) mass is 417 g/mol. The second-order valence-electron chi connectivity index (χ2n) is 6.64. The molecule has 1 atom stereocenters. The number of hydrogen-bond donors (Lipinski definition) is 2. The summed E-state index contributed by atoms with van der Waals surface area (Å²) in [4.78, 5) is 35.1. The molecule has 0 saturated heterocycles. The minimum atomic E-state index is -4.68. The fraction of sp³-hybridized carbons (Fsp3) is 0.471. The Morgan fingerprint density at radius 2 is 2.00 bits per heavy atom. The van der Waals surface area contributed by atoms with E-state index in [1.54, 1.807) is 13.8 Å². The number of para-hydroxylation sites is 1. The van der Waals surface area contributed by atoms with Crippen LogP contribution in [0.25, 0.3) is 0 Å². The third-order valence-electron chi connectivity index (χ3n) is 3.91. The van der Waals surface area contributed by atoms with Gasteiger partial charge in [-0.05, 0) is 18.1 Å². The normalized spacial score (nSPS) is 16.0. The SMILES string of the molecule is CC(C)C(=O)OCOC(=O)c1cccc2c1OB(O)[C@@H](NC(=O)CC(F)(F)F)C2. The van der Waals surface area contributed by atoms with Crippen molar-refractivity contribution in [2.75, 3.05) is 6.79 Å². The molecular formula is C17H19BF3NO7. The average Bonchev–Trinajstić information content (AvgIpc) is 2.59. The Balaban J connectivity index is 2.04. The number of hydrogen-bond acceptors (Lipinski definition) is 7. The molecule has 0 spiro atoms. The molecule has 0 radical (unpaired) electrons. The van der Waals surface area contributed by atoms with Crippen LogP contribution in [0.2, 0.25) is 0 Å². The molecule has 2 N–H and O–H groups in total. The fourth-order valence-corrected chi connectivity index (χ4v) is 2.53. The Labute approximate surface area is 164 Å². The van der Waals surface area contributed by atoms with Gasteiger partial charge in [0.15, 0.2) is 0 Å². The first kappa shape index (κ1) is 22.5. The number of amides is 1. The molecule has 0 unspecified atom stereocenters. The van der Waals surface area contributed by atoms with E-state index in [9.17, 15) is 32.6 Å². The molecule has 29 heavy (non-hydrogen) atoms. The third kappa shape index (κ3) is 6.38. The zero-order chi connectivity index (χ0) is 21.8. The van der Waals surface area contributed by atoms with E-state index in [0.717, 1.165) is 0 Å². The van der Waals surface area contributed by atoms with E-state index in [0.29, 0.717) is 5.56 Å². The number of carbonyl (C=O) groups excluding carboxylic acids is 3. The molecule has 2 rings (SSSR count). The molecule has 1 heterocycles. The molecule has 0 bridgehead atoms. The van der Waals surface area contributed by atoms with E-state index in [1.165, 1.54) is 18.2 Å². The van der Waals surface area contributed by atoms with Crippen LogP contribution in [-0.2, 0) is 25.5 Å². The van der Waals surface area contributed by atoms with E-state index in [-0.39, 0.29) is 17.7 Å². The van der Waals surface area contributed by atoms with E-state index in [1.807, 2.05) is 0 Å². The second-order valence-corrected chi connectivity index (χ2v) is 6.64. The summed E-state index contributed by atoms with van der Waals surface area (Å²) in [6.07, 6.45) is -6.44. The molecule has 158 valence electrons. The number of rotatable bonds is 6. The number of ether oxygens (including phenoxy) is 2. The summed E-state index contributed by atoms with van der Waals surface area (Å²) in [6, 6.07) is 4.35. The Bertz CT molecular complexity index is 785. The van der Waals surface area contributed by atoms with Crippen molar-refractivity contribution in [1.29, 1.82) is 0 Å². The van der Waals surface area contributed by atoms with Crippen LogP contribution in [0, 0.1) is 5.92 Å². The number of carbonyl (C=O) groups is 3. The molecule has 1 aromatic carbocycles. The Morgan fingerprint density at radius 3 is 2.62 bits per heavy atom. The third-order valence-corrected chi connectivity index (χ3v) is 3.91. The molecule has 1 amide bonds. The van der Waals surface area contributed by atoms with Gasteiger partial charge in [0.2, 0.25) is 12.7 Å². The van der Waals surface area contributed by atoms with Crippen molar-refractivity contribution < 1.29 is 46.7 Å². The molecule has 0 aliphatic carbocycles. The van der Waals surface area contributed by atoms with Gasteiger partial charge < -0.3 is 24.5 Å². The predicted octanol–water partition coefficient (Wildman–Crippen LogP) is 1.39. The number of halogens is 3. The minimum Gasteiger partial charge on any atom is -0.534 e. The van der Waals surface area contributed by atoms with Crippen LogP contribution in [0.4, 0.5) is 13.2 Å². The Hall–Kier alpha value is -2.76. The summed E-state index contributed by atoms with van der Waals surface area (Å²) in [5, 5.41) is 12.1. The maximum Gasteiger partial charge on any atom is 0.547 e. The summed E-state index contributed by atoms with van der Waals surface area (Å²) >= 11 is 0. The summed E-state index contributed by atoms with van der Waals surface area (Å²) in [5.41, 5.74) is 0.309. The van der Waals surface area contributed by atoms with E-state index in [4.69, 9.17) is 14.1 Å². The highest BCUT2D eigenvalue weighted by molar-refractivity contribution is 6.47. The minimum absolute atomic E-state index is 0.0264. The first-order chi connectivity index (χ1) is 13.5. The van der Waals surface area contributed by atoms with E-state index >= 15 is 0 Å². The van der Waals surface area contributed by atoms with Gasteiger partial charge >= 0.3 is 25.2 Å². The van der Waals surface area contributed by atoms with Gasteiger partial charge in [-0.25, -0.2) is 4.79 Å². The van der Waals surface area contributed by atoms with Crippen LogP contribution in [0.1, 0.15) is 36.2 Å². The van der Waals surface area contributed by atoms with Gasteiger partial charge in [-0.2, -0.15) is 13.2 Å². The standard InChI is InChI=1S/C17H19BF3NO7/c1-9(2)15(24)27-8-28-16(25)11-5-3-4-10-6-12(18(26)29-14(10)11)22-13(23)7-17(19,20)21/h3-5,9,12,26H,6-8H2,1-2H3,(H,22,23)/t12-/m0/s1. The highest BCUT2D eigenvalue weighted by Crippen LogP contribution is 2.31. The number of fused-ring (bicyclic) bond motifs is 1. The van der Waals surface area contributed by atoms with Crippen molar-refractivity contribution in [3.8, 4) is 5.75 Å². The molecular weight excluding hydrogens is 398 g/mol. The lowest BCUT2D eigenvalue weighted by atomic mass is 9.72. The maximum absolute atomic E-state index is 12.3. The van der Waals surface area contributed by atoms with Crippen molar-refractivity contribution in [1.82, 2.24) is 5.32 Å². The Morgan fingerprint density at radius 1 is 1.31 bits per heavy atom. The van der Waals surface area contributed by atoms with Crippen LogP contribution >= 0.6 is 0 Å². The van der Waals surface area contributed by atoms with Crippen LogP contribution in [-0.4, -0.2) is 48.9 Å². The van der Waals surface area contributed by atoms with Crippen molar-refractivity contribution in [3.05, 3.63) is 29.3 Å². The van der Waals surface area contributed by atoms with Crippen molar-refractivity contribution in [2.24, 2.45) is 5.92 Å². The van der Waals surface area contributed by atoms with Crippen LogP contribution in [0.3, 0.4) is 0 Å². The fourth-order valence-electron chi connectivity index (χ4n) is 2.53. The summed E-state index contributed by atoms with van der Waals surface area (Å²) in [5.74, 6) is -4.31. The topological polar surface area (TPSA) is 111 Å². The lowest BCUT2D eigenvalue weighted by molar-refractivity contribution is -0.156. The van der Waals surface area contributed by atoms with Gasteiger partial charge in [-0.15, -0.1) is 0 Å². The average molecular weight is 417 g/mol. The highest BCUT2D eigenvalue weighted by atomic mass is 19.4. The molecule has 12 heteroatoms. The zero-order valence-corrected chi connectivity index (χ0v) is 15.6. The largest absolute Gasteiger partial charge is 0.547 e. The predicted molar refractivity (Wildman–Crippen MR) is 92.6 cm³/mol. The van der Waals surface area contributed by atoms with Crippen LogP contribution < -0.4 is 9.97 Å². The molecule has 8 nitrogen and oxygen atoms in total. The molecule has 1 aromatic rings.